The average Bonchev–Trinajstić information content (AvgIpc) is 3.30. The zero-order valence-corrected chi connectivity index (χ0v) is 16.3. The Labute approximate surface area is 163 Å². The molecular formula is C21H24ClFN2O2. The van der Waals surface area contributed by atoms with Gasteiger partial charge in [0, 0.05) is 26.0 Å². The maximum absolute atomic E-state index is 13.4. The van der Waals surface area contributed by atoms with Gasteiger partial charge in [-0.3, -0.25) is 4.79 Å². The van der Waals surface area contributed by atoms with Crippen molar-refractivity contribution >= 4 is 23.2 Å². The minimum absolute atomic E-state index is 0.00350. The number of carbonyl (C=O) groups is 1. The summed E-state index contributed by atoms with van der Waals surface area (Å²) in [6.07, 6.45) is 6.80. The second-order valence-electron chi connectivity index (χ2n) is 7.83. The molecule has 1 amide bonds. The largest absolute Gasteiger partial charge is 0.381 e. The van der Waals surface area contributed by atoms with Gasteiger partial charge in [0.05, 0.1) is 11.1 Å². The van der Waals surface area contributed by atoms with Crippen molar-refractivity contribution in [2.75, 3.05) is 12.4 Å². The smallest absolute Gasteiger partial charge is 0.272 e. The first-order valence-electron chi connectivity index (χ1n) is 9.40. The predicted octanol–water partition coefficient (Wildman–Crippen LogP) is 4.99. The lowest BCUT2D eigenvalue weighted by molar-refractivity contribution is 0.0998. The monoisotopic (exact) mass is 390 g/mol. The summed E-state index contributed by atoms with van der Waals surface area (Å²) in [6.45, 7) is 0. The van der Waals surface area contributed by atoms with Crippen molar-refractivity contribution in [3.05, 3.63) is 52.6 Å². The van der Waals surface area contributed by atoms with Crippen LogP contribution in [0.3, 0.4) is 0 Å². The van der Waals surface area contributed by atoms with Gasteiger partial charge in [0.1, 0.15) is 11.5 Å². The van der Waals surface area contributed by atoms with E-state index >= 15 is 0 Å². The van der Waals surface area contributed by atoms with Crippen LogP contribution in [0.25, 0.3) is 0 Å². The lowest BCUT2D eigenvalue weighted by Gasteiger charge is -2.16. The quantitative estimate of drug-likeness (QED) is 0.799. The minimum atomic E-state index is -0.499. The standard InChI is InChI=1S/C21H24ClFN2O2/c1-25-6-5-17(14-7-12-9-16(27-2)10-13(12)8-14)20(25)21(26)24-15-3-4-19(23)18(22)11-15/h3-6,11-14,16H,7-10H2,1-2H3,(H,24,26). The molecule has 144 valence electrons. The van der Waals surface area contributed by atoms with Crippen molar-refractivity contribution in [3.63, 3.8) is 0 Å². The highest BCUT2D eigenvalue weighted by molar-refractivity contribution is 6.31. The number of amides is 1. The van der Waals surface area contributed by atoms with E-state index in [1.807, 2.05) is 17.8 Å². The molecule has 2 atom stereocenters. The van der Waals surface area contributed by atoms with E-state index < -0.39 is 5.82 Å². The summed E-state index contributed by atoms with van der Waals surface area (Å²) < 4.78 is 20.7. The Morgan fingerprint density at radius 3 is 2.56 bits per heavy atom. The number of aromatic nitrogens is 1. The van der Waals surface area contributed by atoms with Crippen LogP contribution in [-0.2, 0) is 11.8 Å². The number of halogens is 2. The lowest BCUT2D eigenvalue weighted by Crippen LogP contribution is -2.18. The van der Waals surface area contributed by atoms with Gasteiger partial charge < -0.3 is 14.6 Å². The Morgan fingerprint density at radius 2 is 1.93 bits per heavy atom. The van der Waals surface area contributed by atoms with Gasteiger partial charge >= 0.3 is 0 Å². The molecule has 0 spiro atoms. The second kappa shape index (κ2) is 7.28. The third kappa shape index (κ3) is 3.50. The third-order valence-electron chi connectivity index (χ3n) is 6.24. The summed E-state index contributed by atoms with van der Waals surface area (Å²) in [5.74, 6) is 1.09. The molecule has 1 N–H and O–H groups in total. The number of anilines is 1. The first-order valence-corrected chi connectivity index (χ1v) is 9.78. The molecule has 6 heteroatoms. The molecule has 0 bridgehead atoms. The zero-order chi connectivity index (χ0) is 19.1. The van der Waals surface area contributed by atoms with Crippen LogP contribution in [0.5, 0.6) is 0 Å². The number of aryl methyl sites for hydroxylation is 1. The molecule has 4 rings (SSSR count). The highest BCUT2D eigenvalue weighted by atomic mass is 35.5. The molecule has 1 aromatic heterocycles. The molecule has 1 heterocycles. The fourth-order valence-electron chi connectivity index (χ4n) is 4.94. The summed E-state index contributed by atoms with van der Waals surface area (Å²) in [5, 5.41) is 2.85. The van der Waals surface area contributed by atoms with Gasteiger partial charge in [-0.25, -0.2) is 4.39 Å². The molecule has 2 saturated carbocycles. The summed E-state index contributed by atoms with van der Waals surface area (Å²) in [5.41, 5.74) is 2.26. The van der Waals surface area contributed by atoms with Gasteiger partial charge in [-0.1, -0.05) is 11.6 Å². The van der Waals surface area contributed by atoms with E-state index in [1.54, 1.807) is 7.11 Å². The van der Waals surface area contributed by atoms with Crippen LogP contribution in [-0.4, -0.2) is 23.7 Å². The second-order valence-corrected chi connectivity index (χ2v) is 8.24. The maximum atomic E-state index is 13.4. The van der Waals surface area contributed by atoms with Gasteiger partial charge in [0.25, 0.3) is 5.91 Å². The number of hydrogen-bond acceptors (Lipinski definition) is 2. The zero-order valence-electron chi connectivity index (χ0n) is 15.5. The van der Waals surface area contributed by atoms with E-state index in [0.29, 0.717) is 35.2 Å². The Kier molecular flexibility index (Phi) is 4.99. The van der Waals surface area contributed by atoms with E-state index in [0.717, 1.165) is 31.2 Å². The molecule has 2 aliphatic rings. The SMILES string of the molecule is COC1CC2CC(c3ccn(C)c3C(=O)Nc3ccc(F)c(Cl)c3)CC2C1. The van der Waals surface area contributed by atoms with Crippen molar-refractivity contribution in [2.45, 2.75) is 37.7 Å². The number of nitrogens with one attached hydrogen (secondary N) is 1. The van der Waals surface area contributed by atoms with Gasteiger partial charge in [0.15, 0.2) is 0 Å². The van der Waals surface area contributed by atoms with Crippen LogP contribution in [0.15, 0.2) is 30.5 Å². The fourth-order valence-corrected chi connectivity index (χ4v) is 5.12. The third-order valence-corrected chi connectivity index (χ3v) is 6.53. The highest BCUT2D eigenvalue weighted by Gasteiger charge is 2.43. The predicted molar refractivity (Wildman–Crippen MR) is 104 cm³/mol. The molecule has 0 saturated heterocycles. The number of methoxy groups -OCH3 is 1. The normalized spacial score (nSPS) is 27.0. The highest BCUT2D eigenvalue weighted by Crippen LogP contribution is 2.51. The van der Waals surface area contributed by atoms with E-state index in [1.165, 1.54) is 18.2 Å². The number of rotatable bonds is 4. The van der Waals surface area contributed by atoms with Crippen LogP contribution < -0.4 is 5.32 Å². The van der Waals surface area contributed by atoms with Gasteiger partial charge in [-0.2, -0.15) is 0 Å². The molecule has 2 aromatic rings. The number of nitrogens with zero attached hydrogens (tertiary/aromatic N) is 1. The molecule has 2 aliphatic carbocycles. The molecule has 27 heavy (non-hydrogen) atoms. The van der Waals surface area contributed by atoms with Crippen LogP contribution in [0.2, 0.25) is 5.02 Å². The van der Waals surface area contributed by atoms with Crippen molar-refractivity contribution in [2.24, 2.45) is 18.9 Å². The van der Waals surface area contributed by atoms with Crippen molar-refractivity contribution in [1.29, 1.82) is 0 Å². The van der Waals surface area contributed by atoms with Crippen LogP contribution in [0.1, 0.15) is 47.7 Å². The topological polar surface area (TPSA) is 43.3 Å². The Balaban J connectivity index is 1.52. The molecular weight excluding hydrogens is 367 g/mol. The summed E-state index contributed by atoms with van der Waals surface area (Å²) in [6, 6.07) is 6.27. The van der Waals surface area contributed by atoms with E-state index in [9.17, 15) is 9.18 Å². The number of carbonyl (C=O) groups excluding carboxylic acids is 1. The van der Waals surface area contributed by atoms with E-state index in [4.69, 9.17) is 16.3 Å². The molecule has 2 fully saturated rings. The van der Waals surface area contributed by atoms with E-state index in [-0.39, 0.29) is 10.9 Å². The number of ether oxygens (including phenoxy) is 1. The Hall–Kier alpha value is -1.85. The summed E-state index contributed by atoms with van der Waals surface area (Å²) in [7, 11) is 3.68. The lowest BCUT2D eigenvalue weighted by atomic mass is 9.94. The molecule has 4 nitrogen and oxygen atoms in total. The molecule has 0 radical (unpaired) electrons. The minimum Gasteiger partial charge on any atom is -0.381 e. The van der Waals surface area contributed by atoms with Crippen LogP contribution in [0.4, 0.5) is 10.1 Å². The number of benzene rings is 1. The summed E-state index contributed by atoms with van der Waals surface area (Å²) >= 11 is 5.82. The van der Waals surface area contributed by atoms with Crippen molar-refractivity contribution in [1.82, 2.24) is 4.57 Å². The molecule has 2 unspecified atom stereocenters. The van der Waals surface area contributed by atoms with Gasteiger partial charge in [-0.05, 0) is 73.3 Å². The molecule has 1 aromatic carbocycles. The Morgan fingerprint density at radius 1 is 1.22 bits per heavy atom. The van der Waals surface area contributed by atoms with Gasteiger partial charge in [-0.15, -0.1) is 0 Å². The van der Waals surface area contributed by atoms with Crippen LogP contribution >= 0.6 is 11.6 Å². The first-order chi connectivity index (χ1) is 13.0. The number of hydrogen-bond donors (Lipinski definition) is 1. The van der Waals surface area contributed by atoms with Crippen molar-refractivity contribution < 1.29 is 13.9 Å². The van der Waals surface area contributed by atoms with Crippen LogP contribution in [0, 0.1) is 17.7 Å². The maximum Gasteiger partial charge on any atom is 0.272 e. The molecule has 0 aliphatic heterocycles. The van der Waals surface area contributed by atoms with E-state index in [2.05, 4.69) is 11.4 Å². The van der Waals surface area contributed by atoms with Crippen molar-refractivity contribution in [3.8, 4) is 0 Å². The fraction of sp³-hybridized carbons (Fsp3) is 0.476. The first kappa shape index (κ1) is 18.5. The van der Waals surface area contributed by atoms with Gasteiger partial charge in [0.2, 0.25) is 0 Å². The summed E-state index contributed by atoms with van der Waals surface area (Å²) in [4.78, 5) is 12.9. The number of fused-ring (bicyclic) bond motifs is 1. The Bertz CT molecular complexity index is 852. The average molecular weight is 391 g/mol.